The van der Waals surface area contributed by atoms with Crippen molar-refractivity contribution in [3.05, 3.63) is 58.4 Å². The molecule has 18 heavy (non-hydrogen) atoms. The summed E-state index contributed by atoms with van der Waals surface area (Å²) in [7, 11) is 0. The number of hydrogen-bond acceptors (Lipinski definition) is 1. The molecule has 0 bridgehead atoms. The van der Waals surface area contributed by atoms with Gasteiger partial charge in [0.05, 0.1) is 5.02 Å². The number of benzene rings is 2. The SMILES string of the molecule is CC(=O)c1ccc(-c2ccc(F)cc2C)cc1Cl. The van der Waals surface area contributed by atoms with Crippen molar-refractivity contribution in [3.63, 3.8) is 0 Å². The fourth-order valence-electron chi connectivity index (χ4n) is 1.92. The van der Waals surface area contributed by atoms with E-state index < -0.39 is 0 Å². The minimum absolute atomic E-state index is 0.0672. The molecule has 0 atom stereocenters. The molecule has 0 heterocycles. The van der Waals surface area contributed by atoms with E-state index in [2.05, 4.69) is 0 Å². The fraction of sp³-hybridized carbons (Fsp3) is 0.133. The van der Waals surface area contributed by atoms with Crippen molar-refractivity contribution in [2.24, 2.45) is 0 Å². The van der Waals surface area contributed by atoms with E-state index in [1.807, 2.05) is 13.0 Å². The largest absolute Gasteiger partial charge is 0.294 e. The summed E-state index contributed by atoms with van der Waals surface area (Å²) >= 11 is 6.06. The normalized spacial score (nSPS) is 10.4. The maximum absolute atomic E-state index is 13.0. The lowest BCUT2D eigenvalue weighted by Crippen LogP contribution is -1.94. The summed E-state index contributed by atoms with van der Waals surface area (Å²) in [5, 5.41) is 0.420. The first kappa shape index (κ1) is 12.8. The van der Waals surface area contributed by atoms with E-state index in [1.54, 1.807) is 18.2 Å². The molecule has 0 radical (unpaired) electrons. The molecule has 0 N–H and O–H groups in total. The molecule has 92 valence electrons. The van der Waals surface area contributed by atoms with Crippen molar-refractivity contribution in [1.82, 2.24) is 0 Å². The third-order valence-corrected chi connectivity index (χ3v) is 3.16. The van der Waals surface area contributed by atoms with Gasteiger partial charge in [-0.2, -0.15) is 0 Å². The van der Waals surface area contributed by atoms with Gasteiger partial charge in [0.25, 0.3) is 0 Å². The van der Waals surface area contributed by atoms with Crippen molar-refractivity contribution in [2.45, 2.75) is 13.8 Å². The summed E-state index contributed by atoms with van der Waals surface area (Å²) in [6.07, 6.45) is 0. The van der Waals surface area contributed by atoms with Gasteiger partial charge in [-0.1, -0.05) is 23.7 Å². The van der Waals surface area contributed by atoms with Crippen LogP contribution >= 0.6 is 11.6 Å². The molecule has 0 amide bonds. The Labute approximate surface area is 110 Å². The first-order valence-corrected chi connectivity index (χ1v) is 5.94. The molecule has 1 nitrogen and oxygen atoms in total. The molecule has 0 fully saturated rings. The Kier molecular flexibility index (Phi) is 3.48. The number of ketones is 1. The van der Waals surface area contributed by atoms with Crippen LogP contribution in [0.5, 0.6) is 0 Å². The van der Waals surface area contributed by atoms with Crippen LogP contribution < -0.4 is 0 Å². The maximum Gasteiger partial charge on any atom is 0.161 e. The Morgan fingerprint density at radius 3 is 2.44 bits per heavy atom. The molecule has 0 aliphatic heterocycles. The number of halogens is 2. The van der Waals surface area contributed by atoms with Crippen LogP contribution in [0.1, 0.15) is 22.8 Å². The molecule has 0 saturated heterocycles. The highest BCUT2D eigenvalue weighted by atomic mass is 35.5. The monoisotopic (exact) mass is 262 g/mol. The Morgan fingerprint density at radius 1 is 1.17 bits per heavy atom. The summed E-state index contributed by atoms with van der Waals surface area (Å²) in [4.78, 5) is 11.3. The van der Waals surface area contributed by atoms with Crippen molar-refractivity contribution in [2.75, 3.05) is 0 Å². The third-order valence-electron chi connectivity index (χ3n) is 2.85. The van der Waals surface area contributed by atoms with Gasteiger partial charge in [-0.25, -0.2) is 4.39 Å². The highest BCUT2D eigenvalue weighted by Gasteiger charge is 2.09. The zero-order valence-electron chi connectivity index (χ0n) is 10.1. The van der Waals surface area contributed by atoms with Crippen LogP contribution in [0.4, 0.5) is 4.39 Å². The van der Waals surface area contributed by atoms with Crippen LogP contribution in [0.3, 0.4) is 0 Å². The smallest absolute Gasteiger partial charge is 0.161 e. The van der Waals surface area contributed by atoms with Gasteiger partial charge < -0.3 is 0 Å². The van der Waals surface area contributed by atoms with Crippen LogP contribution in [0.15, 0.2) is 36.4 Å². The quantitative estimate of drug-likeness (QED) is 0.720. The van der Waals surface area contributed by atoms with Gasteiger partial charge in [0.1, 0.15) is 5.82 Å². The maximum atomic E-state index is 13.0. The zero-order valence-corrected chi connectivity index (χ0v) is 10.9. The molecular weight excluding hydrogens is 251 g/mol. The van der Waals surface area contributed by atoms with Gasteiger partial charge in [-0.05, 0) is 54.8 Å². The predicted molar refractivity (Wildman–Crippen MR) is 71.6 cm³/mol. The van der Waals surface area contributed by atoms with E-state index in [1.165, 1.54) is 19.1 Å². The lowest BCUT2D eigenvalue weighted by Gasteiger charge is -2.08. The highest BCUT2D eigenvalue weighted by Crippen LogP contribution is 2.28. The second-order valence-electron chi connectivity index (χ2n) is 4.21. The molecular formula is C15H12ClFO. The van der Waals surface area contributed by atoms with Gasteiger partial charge in [-0.3, -0.25) is 4.79 Å². The molecule has 2 rings (SSSR count). The van der Waals surface area contributed by atoms with E-state index in [0.717, 1.165) is 16.7 Å². The molecule has 2 aromatic carbocycles. The molecule has 0 unspecified atom stereocenters. The minimum Gasteiger partial charge on any atom is -0.294 e. The van der Waals surface area contributed by atoms with Crippen molar-refractivity contribution < 1.29 is 9.18 Å². The molecule has 0 aromatic heterocycles. The van der Waals surface area contributed by atoms with Crippen LogP contribution in [-0.4, -0.2) is 5.78 Å². The van der Waals surface area contributed by atoms with E-state index in [9.17, 15) is 9.18 Å². The molecule has 0 aliphatic carbocycles. The standard InChI is InChI=1S/C15H12ClFO/c1-9-7-12(17)4-6-13(9)11-3-5-14(10(2)18)15(16)8-11/h3-8H,1-2H3. The topological polar surface area (TPSA) is 17.1 Å². The van der Waals surface area contributed by atoms with E-state index in [0.29, 0.717) is 10.6 Å². The molecule has 0 saturated carbocycles. The number of Topliss-reactive ketones (excluding diaryl/α,β-unsaturated/α-hetero) is 1. The first-order valence-electron chi connectivity index (χ1n) is 5.56. The zero-order chi connectivity index (χ0) is 13.3. The van der Waals surface area contributed by atoms with Crippen LogP contribution in [0.2, 0.25) is 5.02 Å². The first-order chi connectivity index (χ1) is 8.49. The van der Waals surface area contributed by atoms with Gasteiger partial charge in [-0.15, -0.1) is 0 Å². The molecule has 0 spiro atoms. The summed E-state index contributed by atoms with van der Waals surface area (Å²) in [6.45, 7) is 3.31. The third kappa shape index (κ3) is 2.44. The fourth-order valence-corrected chi connectivity index (χ4v) is 2.23. The average molecular weight is 263 g/mol. The number of carbonyl (C=O) groups is 1. The molecule has 3 heteroatoms. The van der Waals surface area contributed by atoms with Gasteiger partial charge in [0.15, 0.2) is 5.78 Å². The van der Waals surface area contributed by atoms with E-state index in [-0.39, 0.29) is 11.6 Å². The van der Waals surface area contributed by atoms with E-state index >= 15 is 0 Å². The number of rotatable bonds is 2. The van der Waals surface area contributed by atoms with E-state index in [4.69, 9.17) is 11.6 Å². The predicted octanol–water partition coefficient (Wildman–Crippen LogP) is 4.66. The summed E-state index contributed by atoms with van der Waals surface area (Å²) in [5.74, 6) is -0.329. The Morgan fingerprint density at radius 2 is 1.89 bits per heavy atom. The number of aryl methyl sites for hydroxylation is 1. The average Bonchev–Trinajstić information content (AvgIpc) is 2.28. The van der Waals surface area contributed by atoms with Gasteiger partial charge in [0, 0.05) is 5.56 Å². The molecule has 2 aromatic rings. The van der Waals surface area contributed by atoms with Crippen LogP contribution in [0.25, 0.3) is 11.1 Å². The van der Waals surface area contributed by atoms with Crippen molar-refractivity contribution >= 4 is 17.4 Å². The lowest BCUT2D eigenvalue weighted by molar-refractivity contribution is 0.101. The van der Waals surface area contributed by atoms with Gasteiger partial charge in [0.2, 0.25) is 0 Å². The Hall–Kier alpha value is -1.67. The minimum atomic E-state index is -0.261. The van der Waals surface area contributed by atoms with Crippen molar-refractivity contribution in [3.8, 4) is 11.1 Å². The Bertz CT molecular complexity index is 620. The summed E-state index contributed by atoms with van der Waals surface area (Å²) in [5.41, 5.74) is 3.12. The van der Waals surface area contributed by atoms with Crippen LogP contribution in [0, 0.1) is 12.7 Å². The number of hydrogen-bond donors (Lipinski definition) is 0. The Balaban J connectivity index is 2.52. The second kappa shape index (κ2) is 4.91. The molecule has 0 aliphatic rings. The lowest BCUT2D eigenvalue weighted by atomic mass is 9.99. The highest BCUT2D eigenvalue weighted by molar-refractivity contribution is 6.34. The summed E-state index contributed by atoms with van der Waals surface area (Å²) in [6, 6.07) is 9.85. The number of carbonyl (C=O) groups excluding carboxylic acids is 1. The van der Waals surface area contributed by atoms with Crippen molar-refractivity contribution in [1.29, 1.82) is 0 Å². The summed E-state index contributed by atoms with van der Waals surface area (Å²) < 4.78 is 13.0. The van der Waals surface area contributed by atoms with Gasteiger partial charge >= 0.3 is 0 Å². The van der Waals surface area contributed by atoms with Crippen LogP contribution in [-0.2, 0) is 0 Å². The second-order valence-corrected chi connectivity index (χ2v) is 4.62.